The molecule has 0 N–H and O–H groups in total. The normalized spacial score (nSPS) is 23.8. The van der Waals surface area contributed by atoms with Crippen LogP contribution in [0.15, 0.2) is 36.7 Å². The molecule has 2 aliphatic heterocycles. The van der Waals surface area contributed by atoms with E-state index in [4.69, 9.17) is 4.74 Å². The molecule has 2 saturated heterocycles. The molecule has 1 aromatic carbocycles. The first-order valence-corrected chi connectivity index (χ1v) is 8.99. The summed E-state index contributed by atoms with van der Waals surface area (Å²) in [4.78, 5) is 24.9. The molecule has 4 rings (SSSR count). The van der Waals surface area contributed by atoms with Crippen LogP contribution < -0.4 is 9.64 Å². The van der Waals surface area contributed by atoms with E-state index in [9.17, 15) is 10.1 Å². The Labute approximate surface area is 158 Å². The summed E-state index contributed by atoms with van der Waals surface area (Å²) in [5.74, 6) is 2.16. The molecular formula is C20H21N5O2. The Bertz CT molecular complexity index is 892. The van der Waals surface area contributed by atoms with Crippen LogP contribution in [0.4, 0.5) is 5.82 Å². The number of fused-ring (bicyclic) bond motifs is 1. The molecule has 0 spiro atoms. The number of rotatable bonds is 3. The summed E-state index contributed by atoms with van der Waals surface area (Å²) in [5.41, 5.74) is 1.46. The van der Waals surface area contributed by atoms with Crippen LogP contribution in [-0.4, -0.2) is 47.5 Å². The number of aromatic nitrogens is 2. The molecule has 27 heavy (non-hydrogen) atoms. The number of anilines is 1. The van der Waals surface area contributed by atoms with Gasteiger partial charge in [-0.2, -0.15) is 5.26 Å². The lowest BCUT2D eigenvalue weighted by molar-refractivity contribution is -0.130. The number of benzene rings is 1. The van der Waals surface area contributed by atoms with Gasteiger partial charge in [-0.05, 0) is 17.7 Å². The van der Waals surface area contributed by atoms with E-state index in [1.807, 2.05) is 29.2 Å². The van der Waals surface area contributed by atoms with Crippen molar-refractivity contribution in [3.05, 3.63) is 47.9 Å². The summed E-state index contributed by atoms with van der Waals surface area (Å²) < 4.78 is 5.26. The van der Waals surface area contributed by atoms with E-state index in [0.29, 0.717) is 17.4 Å². The first kappa shape index (κ1) is 17.3. The van der Waals surface area contributed by atoms with Gasteiger partial charge in [-0.3, -0.25) is 4.79 Å². The Balaban J connectivity index is 1.64. The number of carbonyl (C=O) groups excluding carboxylic acids is 1. The highest BCUT2D eigenvalue weighted by Crippen LogP contribution is 2.46. The smallest absolute Gasteiger partial charge is 0.219 e. The topological polar surface area (TPSA) is 82.3 Å². The minimum Gasteiger partial charge on any atom is -0.497 e. The van der Waals surface area contributed by atoms with Crippen LogP contribution in [-0.2, 0) is 4.79 Å². The average Bonchev–Trinajstić information content (AvgIpc) is 3.26. The van der Waals surface area contributed by atoms with Crippen LogP contribution in [0.5, 0.6) is 5.75 Å². The zero-order valence-electron chi connectivity index (χ0n) is 15.4. The van der Waals surface area contributed by atoms with Crippen LogP contribution >= 0.6 is 0 Å². The molecule has 1 aromatic heterocycles. The van der Waals surface area contributed by atoms with Crippen molar-refractivity contribution < 1.29 is 9.53 Å². The number of methoxy groups -OCH3 is 1. The Morgan fingerprint density at radius 2 is 1.93 bits per heavy atom. The molecule has 0 bridgehead atoms. The SMILES string of the molecule is COc1ccc([C@H]2[C@@H]3CN(c4nccnc4C#N)C[C@@H]3CN2C(C)=O)cc1. The molecule has 2 fully saturated rings. The van der Waals surface area contributed by atoms with Crippen molar-refractivity contribution in [3.63, 3.8) is 0 Å². The molecule has 0 unspecified atom stereocenters. The Morgan fingerprint density at radius 1 is 1.19 bits per heavy atom. The van der Waals surface area contributed by atoms with Gasteiger partial charge >= 0.3 is 0 Å². The van der Waals surface area contributed by atoms with Gasteiger partial charge in [0.2, 0.25) is 5.91 Å². The van der Waals surface area contributed by atoms with Crippen LogP contribution in [0.3, 0.4) is 0 Å². The van der Waals surface area contributed by atoms with Crippen molar-refractivity contribution in [3.8, 4) is 11.8 Å². The number of nitrogens with zero attached hydrogens (tertiary/aromatic N) is 5. The second-order valence-corrected chi connectivity index (χ2v) is 7.06. The predicted octanol–water partition coefficient (Wildman–Crippen LogP) is 2.01. The first-order chi connectivity index (χ1) is 13.1. The zero-order valence-corrected chi connectivity index (χ0v) is 15.4. The molecule has 2 aliphatic rings. The van der Waals surface area contributed by atoms with Crippen LogP contribution in [0.25, 0.3) is 0 Å². The number of ether oxygens (including phenoxy) is 1. The minimum absolute atomic E-state index is 0.0191. The van der Waals surface area contributed by atoms with E-state index in [1.54, 1.807) is 20.2 Å². The van der Waals surface area contributed by atoms with Gasteiger partial charge < -0.3 is 14.5 Å². The fourth-order valence-electron chi connectivity index (χ4n) is 4.41. The summed E-state index contributed by atoms with van der Waals surface area (Å²) in [6, 6.07) is 10.1. The van der Waals surface area contributed by atoms with Gasteiger partial charge in [0.25, 0.3) is 0 Å². The van der Waals surface area contributed by atoms with Crippen molar-refractivity contribution in [2.24, 2.45) is 11.8 Å². The van der Waals surface area contributed by atoms with Crippen molar-refractivity contribution >= 4 is 11.7 Å². The summed E-state index contributed by atoms with van der Waals surface area (Å²) in [5, 5.41) is 9.33. The fourth-order valence-corrected chi connectivity index (χ4v) is 4.41. The lowest BCUT2D eigenvalue weighted by atomic mass is 9.89. The molecule has 2 aromatic rings. The van der Waals surface area contributed by atoms with Gasteiger partial charge in [0.1, 0.15) is 11.8 Å². The van der Waals surface area contributed by atoms with E-state index < -0.39 is 0 Å². The highest BCUT2D eigenvalue weighted by Gasteiger charge is 2.49. The molecule has 7 nitrogen and oxygen atoms in total. The standard InChI is InChI=1S/C20H21N5O2/c1-13(26)25-11-15-10-24(20-18(9-21)22-7-8-23-20)12-17(15)19(25)14-3-5-16(27-2)6-4-14/h3-8,15,17,19H,10-12H2,1-2H3/t15-,17-,19+/m1/s1. The maximum absolute atomic E-state index is 12.3. The highest BCUT2D eigenvalue weighted by molar-refractivity contribution is 5.74. The summed E-state index contributed by atoms with van der Waals surface area (Å²) >= 11 is 0. The average molecular weight is 363 g/mol. The monoisotopic (exact) mass is 363 g/mol. The maximum Gasteiger partial charge on any atom is 0.219 e. The Morgan fingerprint density at radius 3 is 2.59 bits per heavy atom. The molecule has 0 aliphatic carbocycles. The van der Waals surface area contributed by atoms with Gasteiger partial charge in [-0.15, -0.1) is 0 Å². The largest absolute Gasteiger partial charge is 0.497 e. The van der Waals surface area contributed by atoms with Gasteiger partial charge in [-0.25, -0.2) is 9.97 Å². The maximum atomic E-state index is 12.3. The van der Waals surface area contributed by atoms with Crippen molar-refractivity contribution in [1.82, 2.24) is 14.9 Å². The fraction of sp³-hybridized carbons (Fsp3) is 0.400. The molecular weight excluding hydrogens is 342 g/mol. The quantitative estimate of drug-likeness (QED) is 0.830. The summed E-state index contributed by atoms with van der Waals surface area (Å²) in [6.07, 6.45) is 3.16. The third kappa shape index (κ3) is 2.97. The van der Waals surface area contributed by atoms with Gasteiger partial charge in [0.15, 0.2) is 11.5 Å². The molecule has 138 valence electrons. The van der Waals surface area contributed by atoms with Crippen LogP contribution in [0, 0.1) is 23.2 Å². The molecule has 3 heterocycles. The number of amides is 1. The lowest BCUT2D eigenvalue weighted by Gasteiger charge is -2.29. The highest BCUT2D eigenvalue weighted by atomic mass is 16.5. The number of hydrogen-bond acceptors (Lipinski definition) is 6. The van der Waals surface area contributed by atoms with E-state index >= 15 is 0 Å². The Hall–Kier alpha value is -3.14. The van der Waals surface area contributed by atoms with E-state index in [2.05, 4.69) is 20.9 Å². The first-order valence-electron chi connectivity index (χ1n) is 8.99. The van der Waals surface area contributed by atoms with E-state index in [0.717, 1.165) is 30.9 Å². The van der Waals surface area contributed by atoms with Crippen molar-refractivity contribution in [2.75, 3.05) is 31.6 Å². The van der Waals surface area contributed by atoms with Gasteiger partial charge in [0, 0.05) is 50.8 Å². The second kappa shape index (κ2) is 6.88. The molecule has 1 amide bonds. The second-order valence-electron chi connectivity index (χ2n) is 7.06. The van der Waals surface area contributed by atoms with Gasteiger partial charge in [-0.1, -0.05) is 12.1 Å². The molecule has 0 radical (unpaired) electrons. The minimum atomic E-state index is 0.0191. The van der Waals surface area contributed by atoms with Crippen molar-refractivity contribution in [1.29, 1.82) is 5.26 Å². The molecule has 0 saturated carbocycles. The van der Waals surface area contributed by atoms with E-state index in [-0.39, 0.29) is 17.9 Å². The lowest BCUT2D eigenvalue weighted by Crippen LogP contribution is -2.34. The molecule has 7 heteroatoms. The Kier molecular flexibility index (Phi) is 4.40. The molecule has 3 atom stereocenters. The van der Waals surface area contributed by atoms with Crippen LogP contribution in [0.2, 0.25) is 0 Å². The van der Waals surface area contributed by atoms with E-state index in [1.165, 1.54) is 6.20 Å². The third-order valence-electron chi connectivity index (χ3n) is 5.61. The predicted molar refractivity (Wildman–Crippen MR) is 99.1 cm³/mol. The number of likely N-dealkylation sites (tertiary alicyclic amines) is 1. The van der Waals surface area contributed by atoms with Crippen LogP contribution in [0.1, 0.15) is 24.2 Å². The number of hydrogen-bond donors (Lipinski definition) is 0. The zero-order chi connectivity index (χ0) is 19.0. The summed E-state index contributed by atoms with van der Waals surface area (Å²) in [7, 11) is 1.64. The third-order valence-corrected chi connectivity index (χ3v) is 5.61. The number of carbonyl (C=O) groups is 1. The summed E-state index contributed by atoms with van der Waals surface area (Å²) in [6.45, 7) is 3.87. The van der Waals surface area contributed by atoms with Gasteiger partial charge in [0.05, 0.1) is 13.2 Å². The van der Waals surface area contributed by atoms with Crippen molar-refractivity contribution in [2.45, 2.75) is 13.0 Å². The number of nitriles is 1.